The Hall–Kier alpha value is -3.20. The number of fused-ring (bicyclic) bond motifs is 1. The third-order valence-electron chi connectivity index (χ3n) is 4.27. The number of aliphatic hydroxyl groups excluding tert-OH is 1. The van der Waals surface area contributed by atoms with Crippen LogP contribution in [0.25, 0.3) is 17.2 Å². The van der Waals surface area contributed by atoms with Gasteiger partial charge in [-0.25, -0.2) is 28.8 Å². The van der Waals surface area contributed by atoms with Crippen LogP contribution in [0, 0.1) is 12.7 Å². The first kappa shape index (κ1) is 17.2. The Morgan fingerprint density at radius 2 is 2.07 bits per heavy atom. The van der Waals surface area contributed by atoms with E-state index in [1.165, 1.54) is 12.3 Å². The second-order valence-electron chi connectivity index (χ2n) is 6.14. The number of hydrogen-bond acceptors (Lipinski definition) is 6. The van der Waals surface area contributed by atoms with E-state index in [4.69, 9.17) is 0 Å². The molecule has 1 N–H and O–H groups in total. The lowest BCUT2D eigenvalue weighted by Crippen LogP contribution is -2.10. The van der Waals surface area contributed by atoms with Crippen LogP contribution < -0.4 is 0 Å². The van der Waals surface area contributed by atoms with Gasteiger partial charge in [0.1, 0.15) is 17.8 Å². The van der Waals surface area contributed by atoms with Gasteiger partial charge in [0.2, 0.25) is 0 Å². The molecule has 0 spiro atoms. The van der Waals surface area contributed by atoms with E-state index in [2.05, 4.69) is 25.0 Å². The van der Waals surface area contributed by atoms with Gasteiger partial charge in [0.05, 0.1) is 12.2 Å². The first-order valence-corrected chi connectivity index (χ1v) is 8.60. The normalized spacial score (nSPS) is 11.4. The molecule has 0 saturated heterocycles. The lowest BCUT2D eigenvalue weighted by Gasteiger charge is -2.12. The summed E-state index contributed by atoms with van der Waals surface area (Å²) in [7, 11) is 0. The summed E-state index contributed by atoms with van der Waals surface area (Å²) in [4.78, 5) is 17.4. The number of pyridine rings is 1. The molecule has 0 unspecified atom stereocenters. The SMILES string of the molecule is Cc1nc2c(CCCO)c(Cn3ccnc3-c3ncccc3F)ncn2n1. The van der Waals surface area contributed by atoms with Crippen LogP contribution in [0.2, 0.25) is 0 Å². The van der Waals surface area contributed by atoms with Gasteiger partial charge in [0, 0.05) is 30.8 Å². The molecule has 4 aromatic heterocycles. The summed E-state index contributed by atoms with van der Waals surface area (Å²) in [6, 6.07) is 2.90. The zero-order valence-electron chi connectivity index (χ0n) is 14.7. The van der Waals surface area contributed by atoms with E-state index < -0.39 is 5.82 Å². The van der Waals surface area contributed by atoms with Crippen LogP contribution in [0.5, 0.6) is 0 Å². The van der Waals surface area contributed by atoms with Crippen LogP contribution in [0.3, 0.4) is 0 Å². The first-order chi connectivity index (χ1) is 13.2. The number of nitrogens with zero attached hydrogens (tertiary/aromatic N) is 7. The highest BCUT2D eigenvalue weighted by atomic mass is 19.1. The second kappa shape index (κ2) is 7.20. The number of rotatable bonds is 6. The van der Waals surface area contributed by atoms with Crippen molar-refractivity contribution in [2.24, 2.45) is 0 Å². The molecule has 0 bridgehead atoms. The monoisotopic (exact) mass is 367 g/mol. The molecule has 0 aliphatic carbocycles. The van der Waals surface area contributed by atoms with Crippen molar-refractivity contribution in [3.63, 3.8) is 0 Å². The van der Waals surface area contributed by atoms with Crippen molar-refractivity contribution >= 4 is 5.65 Å². The summed E-state index contributed by atoms with van der Waals surface area (Å²) in [6.45, 7) is 2.28. The van der Waals surface area contributed by atoms with E-state index in [1.807, 2.05) is 6.92 Å². The average Bonchev–Trinajstić information content (AvgIpc) is 3.27. The Morgan fingerprint density at radius 1 is 1.19 bits per heavy atom. The van der Waals surface area contributed by atoms with Crippen LogP contribution in [0.4, 0.5) is 4.39 Å². The summed E-state index contributed by atoms with van der Waals surface area (Å²) in [5.41, 5.74) is 2.60. The summed E-state index contributed by atoms with van der Waals surface area (Å²) in [5.74, 6) is 0.653. The molecule has 0 amide bonds. The zero-order valence-corrected chi connectivity index (χ0v) is 14.7. The summed E-state index contributed by atoms with van der Waals surface area (Å²) in [6.07, 6.45) is 7.73. The van der Waals surface area contributed by atoms with Crippen molar-refractivity contribution in [1.29, 1.82) is 0 Å². The Balaban J connectivity index is 1.76. The smallest absolute Gasteiger partial charge is 0.162 e. The maximum Gasteiger partial charge on any atom is 0.162 e. The van der Waals surface area contributed by atoms with Crippen molar-refractivity contribution < 1.29 is 9.50 Å². The maximum atomic E-state index is 14.1. The molecule has 0 aliphatic rings. The van der Waals surface area contributed by atoms with Gasteiger partial charge in [0.15, 0.2) is 17.3 Å². The number of aryl methyl sites for hydroxylation is 2. The second-order valence-corrected chi connectivity index (χ2v) is 6.14. The number of halogens is 1. The van der Waals surface area contributed by atoms with Gasteiger partial charge in [-0.05, 0) is 31.9 Å². The van der Waals surface area contributed by atoms with Gasteiger partial charge < -0.3 is 9.67 Å². The highest BCUT2D eigenvalue weighted by Gasteiger charge is 2.17. The number of aliphatic hydroxyl groups is 1. The maximum absolute atomic E-state index is 14.1. The molecule has 8 nitrogen and oxygen atoms in total. The fraction of sp³-hybridized carbons (Fsp3) is 0.278. The van der Waals surface area contributed by atoms with Crippen molar-refractivity contribution in [3.05, 3.63) is 59.9 Å². The van der Waals surface area contributed by atoms with E-state index in [0.29, 0.717) is 31.0 Å². The fourth-order valence-electron chi connectivity index (χ4n) is 3.06. The Morgan fingerprint density at radius 3 is 2.89 bits per heavy atom. The van der Waals surface area contributed by atoms with Crippen LogP contribution in [0.1, 0.15) is 23.5 Å². The quantitative estimate of drug-likeness (QED) is 0.558. The molecule has 9 heteroatoms. The minimum absolute atomic E-state index is 0.0725. The van der Waals surface area contributed by atoms with Crippen LogP contribution in [-0.2, 0) is 13.0 Å². The van der Waals surface area contributed by atoms with E-state index in [1.54, 1.807) is 33.9 Å². The highest BCUT2D eigenvalue weighted by molar-refractivity contribution is 5.52. The molecular weight excluding hydrogens is 349 g/mol. The molecule has 0 atom stereocenters. The lowest BCUT2D eigenvalue weighted by molar-refractivity contribution is 0.288. The molecule has 4 heterocycles. The molecular formula is C18H18FN7O. The lowest BCUT2D eigenvalue weighted by atomic mass is 10.1. The highest BCUT2D eigenvalue weighted by Crippen LogP contribution is 2.21. The van der Waals surface area contributed by atoms with E-state index >= 15 is 0 Å². The third-order valence-corrected chi connectivity index (χ3v) is 4.27. The fourth-order valence-corrected chi connectivity index (χ4v) is 3.06. The first-order valence-electron chi connectivity index (χ1n) is 8.60. The molecule has 0 aliphatic heterocycles. The van der Waals surface area contributed by atoms with Crippen molar-refractivity contribution in [2.75, 3.05) is 6.61 Å². The molecule has 138 valence electrons. The van der Waals surface area contributed by atoms with Gasteiger partial charge >= 0.3 is 0 Å². The van der Waals surface area contributed by atoms with Gasteiger partial charge in [-0.2, -0.15) is 5.10 Å². The van der Waals surface area contributed by atoms with Crippen molar-refractivity contribution in [3.8, 4) is 11.5 Å². The Bertz CT molecular complexity index is 1090. The molecule has 0 fully saturated rings. The van der Waals surface area contributed by atoms with Gasteiger partial charge in [-0.3, -0.25) is 0 Å². The third kappa shape index (κ3) is 3.28. The topological polar surface area (TPSA) is 94.0 Å². The van der Waals surface area contributed by atoms with E-state index in [-0.39, 0.29) is 12.3 Å². The molecule has 4 rings (SSSR count). The molecule has 4 aromatic rings. The number of imidazole rings is 1. The zero-order chi connectivity index (χ0) is 18.8. The molecule has 0 radical (unpaired) electrons. The molecule has 0 saturated carbocycles. The van der Waals surface area contributed by atoms with Gasteiger partial charge in [0.25, 0.3) is 0 Å². The Labute approximate surface area is 154 Å². The van der Waals surface area contributed by atoms with Crippen molar-refractivity contribution in [2.45, 2.75) is 26.3 Å². The average molecular weight is 367 g/mol. The largest absolute Gasteiger partial charge is 0.396 e. The van der Waals surface area contributed by atoms with Gasteiger partial charge in [-0.15, -0.1) is 0 Å². The standard InChI is InChI=1S/C18H18FN7O/c1-12-23-17-13(4-3-9-27)15(22-11-26(17)24-12)10-25-8-7-21-18(25)16-14(19)5-2-6-20-16/h2,5-8,11,27H,3-4,9-10H2,1H3. The van der Waals surface area contributed by atoms with Crippen molar-refractivity contribution in [1.82, 2.24) is 34.1 Å². The van der Waals surface area contributed by atoms with Gasteiger partial charge in [-0.1, -0.05) is 0 Å². The minimum atomic E-state index is -0.429. The Kier molecular flexibility index (Phi) is 4.59. The molecule has 27 heavy (non-hydrogen) atoms. The van der Waals surface area contributed by atoms with E-state index in [9.17, 15) is 9.50 Å². The summed E-state index contributed by atoms with van der Waals surface area (Å²) in [5, 5.41) is 13.5. The van der Waals surface area contributed by atoms with Crippen LogP contribution in [-0.4, -0.2) is 45.8 Å². The molecule has 0 aromatic carbocycles. The number of aromatic nitrogens is 7. The minimum Gasteiger partial charge on any atom is -0.396 e. The van der Waals surface area contributed by atoms with Crippen LogP contribution in [0.15, 0.2) is 37.1 Å². The summed E-state index contributed by atoms with van der Waals surface area (Å²) >= 11 is 0. The van der Waals surface area contributed by atoms with Crippen LogP contribution >= 0.6 is 0 Å². The number of hydrogen-bond donors (Lipinski definition) is 1. The predicted octanol–water partition coefficient (Wildman–Crippen LogP) is 1.80. The predicted molar refractivity (Wildman–Crippen MR) is 95.4 cm³/mol. The van der Waals surface area contributed by atoms with E-state index in [0.717, 1.165) is 16.9 Å². The summed E-state index contributed by atoms with van der Waals surface area (Å²) < 4.78 is 17.6.